The van der Waals surface area contributed by atoms with Crippen molar-refractivity contribution >= 4 is 15.9 Å². The molecule has 0 radical (unpaired) electrons. The van der Waals surface area contributed by atoms with Crippen LogP contribution >= 0.6 is 0 Å². The Morgan fingerprint density at radius 3 is 2.92 bits per heavy atom. The number of hydrogen-bond donors (Lipinski definition) is 1. The Balaban J connectivity index is 1.72. The van der Waals surface area contributed by atoms with Crippen molar-refractivity contribution in [3.05, 3.63) is 53.9 Å². The molecule has 1 N–H and O–H groups in total. The number of carbonyl (C=O) groups is 1. The van der Waals surface area contributed by atoms with Gasteiger partial charge in [-0.3, -0.25) is 9.78 Å². The van der Waals surface area contributed by atoms with E-state index in [0.29, 0.717) is 0 Å². The minimum absolute atomic E-state index is 0.0127. The summed E-state index contributed by atoms with van der Waals surface area (Å²) in [6, 6.07) is 8.77. The number of aryl methyl sites for hydroxylation is 1. The number of hydrogen-bond acceptors (Lipinski definition) is 5. The molecule has 2 aromatic rings. The van der Waals surface area contributed by atoms with Crippen LogP contribution in [0.5, 0.6) is 5.75 Å². The highest BCUT2D eigenvalue weighted by Crippen LogP contribution is 2.35. The number of rotatable bonds is 5. The van der Waals surface area contributed by atoms with E-state index in [4.69, 9.17) is 4.74 Å². The number of ether oxygens (including phenoxy) is 1. The van der Waals surface area contributed by atoms with E-state index in [2.05, 4.69) is 9.71 Å². The van der Waals surface area contributed by atoms with Crippen molar-refractivity contribution in [2.45, 2.75) is 36.5 Å². The predicted molar refractivity (Wildman–Crippen MR) is 92.9 cm³/mol. The molecule has 3 rings (SSSR count). The van der Waals surface area contributed by atoms with E-state index in [1.165, 1.54) is 30.1 Å². The first kappa shape index (κ1) is 17.4. The van der Waals surface area contributed by atoms with Gasteiger partial charge in [0, 0.05) is 18.8 Å². The number of sulfonamides is 1. The normalized spacial score (nSPS) is 16.8. The number of nitrogens with one attached hydrogen (secondary N) is 1. The van der Waals surface area contributed by atoms with Gasteiger partial charge in [-0.25, -0.2) is 13.1 Å². The van der Waals surface area contributed by atoms with Crippen LogP contribution in [-0.4, -0.2) is 26.4 Å². The zero-order valence-corrected chi connectivity index (χ0v) is 14.8. The van der Waals surface area contributed by atoms with Crippen LogP contribution < -0.4 is 9.46 Å². The Morgan fingerprint density at radius 1 is 1.36 bits per heavy atom. The molecule has 1 aromatic carbocycles. The van der Waals surface area contributed by atoms with Gasteiger partial charge in [-0.1, -0.05) is 6.07 Å². The minimum atomic E-state index is -3.88. The molecule has 1 aliphatic rings. The summed E-state index contributed by atoms with van der Waals surface area (Å²) in [5.41, 5.74) is 2.26. The van der Waals surface area contributed by atoms with Crippen molar-refractivity contribution in [2.75, 3.05) is 7.11 Å². The largest absolute Gasteiger partial charge is 0.497 e. The second kappa shape index (κ2) is 7.23. The molecule has 7 heteroatoms. The SMILES string of the molecule is COc1ccc2c(c1)CCC[C@H]2CC(=O)NS(=O)(=O)c1cccnc1. The average Bonchev–Trinajstić information content (AvgIpc) is 2.61. The molecule has 0 unspecified atom stereocenters. The molecule has 1 amide bonds. The highest BCUT2D eigenvalue weighted by Gasteiger charge is 2.25. The Morgan fingerprint density at radius 2 is 2.20 bits per heavy atom. The topological polar surface area (TPSA) is 85.4 Å². The third-order valence-corrected chi connectivity index (χ3v) is 5.77. The summed E-state index contributed by atoms with van der Waals surface area (Å²) in [5.74, 6) is 0.305. The molecular formula is C18H20N2O4S. The van der Waals surface area contributed by atoms with Gasteiger partial charge in [0.15, 0.2) is 0 Å². The number of fused-ring (bicyclic) bond motifs is 1. The van der Waals surface area contributed by atoms with E-state index in [9.17, 15) is 13.2 Å². The summed E-state index contributed by atoms with van der Waals surface area (Å²) < 4.78 is 31.8. The summed E-state index contributed by atoms with van der Waals surface area (Å²) in [6.07, 6.45) is 5.61. The van der Waals surface area contributed by atoms with Crippen molar-refractivity contribution in [3.8, 4) is 5.75 Å². The first-order chi connectivity index (χ1) is 12.0. The van der Waals surface area contributed by atoms with Crippen LogP contribution in [0.1, 0.15) is 36.3 Å². The lowest BCUT2D eigenvalue weighted by molar-refractivity contribution is -0.119. The lowest BCUT2D eigenvalue weighted by Crippen LogP contribution is -2.32. The monoisotopic (exact) mass is 360 g/mol. The van der Waals surface area contributed by atoms with Gasteiger partial charge in [0.25, 0.3) is 10.0 Å². The summed E-state index contributed by atoms with van der Waals surface area (Å²) in [4.78, 5) is 16.1. The molecule has 0 saturated carbocycles. The van der Waals surface area contributed by atoms with E-state index < -0.39 is 15.9 Å². The number of methoxy groups -OCH3 is 1. The van der Waals surface area contributed by atoms with Gasteiger partial charge in [0.1, 0.15) is 10.6 Å². The fourth-order valence-electron chi connectivity index (χ4n) is 3.21. The molecule has 6 nitrogen and oxygen atoms in total. The third kappa shape index (κ3) is 3.99. The summed E-state index contributed by atoms with van der Waals surface area (Å²) in [6.45, 7) is 0. The molecule has 1 aliphatic carbocycles. The van der Waals surface area contributed by atoms with Gasteiger partial charge in [-0.15, -0.1) is 0 Å². The van der Waals surface area contributed by atoms with Gasteiger partial charge in [-0.2, -0.15) is 0 Å². The van der Waals surface area contributed by atoms with Gasteiger partial charge < -0.3 is 4.74 Å². The molecule has 0 aliphatic heterocycles. The van der Waals surface area contributed by atoms with Gasteiger partial charge in [0.05, 0.1) is 7.11 Å². The quantitative estimate of drug-likeness (QED) is 0.885. The number of nitrogens with zero attached hydrogens (tertiary/aromatic N) is 1. The lowest BCUT2D eigenvalue weighted by Gasteiger charge is -2.25. The van der Waals surface area contributed by atoms with Crippen LogP contribution in [0.3, 0.4) is 0 Å². The maximum Gasteiger partial charge on any atom is 0.265 e. The number of benzene rings is 1. The Hall–Kier alpha value is -2.41. The van der Waals surface area contributed by atoms with E-state index in [0.717, 1.165) is 30.6 Å². The number of amides is 1. The Labute approximate surface area is 147 Å². The predicted octanol–water partition coefficient (Wildman–Crippen LogP) is 2.41. The fourth-order valence-corrected chi connectivity index (χ4v) is 4.17. The molecule has 0 saturated heterocycles. The second-order valence-corrected chi connectivity index (χ2v) is 7.76. The molecule has 1 heterocycles. The third-order valence-electron chi connectivity index (χ3n) is 4.41. The standard InChI is InChI=1S/C18H20N2O4S/c1-24-15-7-8-17-13(10-15)4-2-5-14(17)11-18(21)20-25(22,23)16-6-3-9-19-12-16/h3,6-10,12,14H,2,4-5,11H2,1H3,(H,20,21)/t14-/m0/s1. The molecule has 0 spiro atoms. The zero-order chi connectivity index (χ0) is 17.9. The molecular weight excluding hydrogens is 340 g/mol. The minimum Gasteiger partial charge on any atom is -0.497 e. The fraction of sp³-hybridized carbons (Fsp3) is 0.333. The first-order valence-corrected chi connectivity index (χ1v) is 9.60. The van der Waals surface area contributed by atoms with Gasteiger partial charge in [0.2, 0.25) is 5.91 Å². The Kier molecular flexibility index (Phi) is 5.03. The summed E-state index contributed by atoms with van der Waals surface area (Å²) in [7, 11) is -2.26. The maximum absolute atomic E-state index is 12.3. The van der Waals surface area contributed by atoms with E-state index in [-0.39, 0.29) is 17.2 Å². The molecule has 25 heavy (non-hydrogen) atoms. The zero-order valence-electron chi connectivity index (χ0n) is 13.9. The van der Waals surface area contributed by atoms with Crippen LogP contribution in [0, 0.1) is 0 Å². The van der Waals surface area contributed by atoms with Crippen molar-refractivity contribution in [2.24, 2.45) is 0 Å². The Bertz CT molecular complexity index is 866. The average molecular weight is 360 g/mol. The summed E-state index contributed by atoms with van der Waals surface area (Å²) in [5, 5.41) is 0. The van der Waals surface area contributed by atoms with E-state index in [1.54, 1.807) is 7.11 Å². The molecule has 0 fully saturated rings. The van der Waals surface area contributed by atoms with Gasteiger partial charge >= 0.3 is 0 Å². The van der Waals surface area contributed by atoms with Crippen LogP contribution in [0.25, 0.3) is 0 Å². The summed E-state index contributed by atoms with van der Waals surface area (Å²) >= 11 is 0. The molecule has 1 atom stereocenters. The van der Waals surface area contributed by atoms with Crippen LogP contribution in [-0.2, 0) is 21.2 Å². The number of pyridine rings is 1. The van der Waals surface area contributed by atoms with Crippen molar-refractivity contribution < 1.29 is 17.9 Å². The smallest absolute Gasteiger partial charge is 0.265 e. The molecule has 1 aromatic heterocycles. The highest BCUT2D eigenvalue weighted by molar-refractivity contribution is 7.90. The molecule has 0 bridgehead atoms. The van der Waals surface area contributed by atoms with Crippen LogP contribution in [0.4, 0.5) is 0 Å². The molecule has 132 valence electrons. The second-order valence-electron chi connectivity index (χ2n) is 6.08. The maximum atomic E-state index is 12.3. The van der Waals surface area contributed by atoms with E-state index in [1.807, 2.05) is 18.2 Å². The number of aromatic nitrogens is 1. The van der Waals surface area contributed by atoms with Crippen molar-refractivity contribution in [1.29, 1.82) is 0 Å². The van der Waals surface area contributed by atoms with Gasteiger partial charge in [-0.05, 0) is 60.6 Å². The van der Waals surface area contributed by atoms with Crippen LogP contribution in [0.15, 0.2) is 47.6 Å². The highest BCUT2D eigenvalue weighted by atomic mass is 32.2. The van der Waals surface area contributed by atoms with Crippen LogP contribution in [0.2, 0.25) is 0 Å². The number of carbonyl (C=O) groups excluding carboxylic acids is 1. The van der Waals surface area contributed by atoms with Crippen molar-refractivity contribution in [1.82, 2.24) is 9.71 Å². The van der Waals surface area contributed by atoms with Crippen molar-refractivity contribution in [3.63, 3.8) is 0 Å². The first-order valence-electron chi connectivity index (χ1n) is 8.12. The lowest BCUT2D eigenvalue weighted by atomic mass is 9.81. The van der Waals surface area contributed by atoms with E-state index >= 15 is 0 Å².